The molecule has 136 valence electrons. The molecule has 2 amide bonds. The number of urea groups is 1. The van der Waals surface area contributed by atoms with Crippen molar-refractivity contribution in [3.8, 4) is 5.75 Å². The minimum absolute atomic E-state index is 0.0575. The van der Waals surface area contributed by atoms with Gasteiger partial charge in [0.05, 0.1) is 17.4 Å². The lowest BCUT2D eigenvalue weighted by molar-refractivity contribution is -0.274. The molecule has 0 fully saturated rings. The molecule has 3 rings (SSSR count). The molecule has 0 aliphatic carbocycles. The van der Waals surface area contributed by atoms with Crippen LogP contribution in [0.3, 0.4) is 0 Å². The number of benzene rings is 2. The van der Waals surface area contributed by atoms with Crippen LogP contribution in [0.1, 0.15) is 5.56 Å². The maximum Gasteiger partial charge on any atom is 0.573 e. The molecule has 0 saturated carbocycles. The third kappa shape index (κ3) is 4.41. The molecule has 0 aliphatic rings. The van der Waals surface area contributed by atoms with Crippen molar-refractivity contribution < 1.29 is 27.1 Å². The van der Waals surface area contributed by atoms with Crippen LogP contribution in [0, 0.1) is 5.82 Å². The van der Waals surface area contributed by atoms with Gasteiger partial charge in [0.2, 0.25) is 0 Å². The van der Waals surface area contributed by atoms with Crippen LogP contribution in [0.25, 0.3) is 10.9 Å². The highest BCUT2D eigenvalue weighted by Gasteiger charge is 2.30. The van der Waals surface area contributed by atoms with Gasteiger partial charge in [-0.1, -0.05) is 12.1 Å². The molecule has 0 bridgehead atoms. The van der Waals surface area contributed by atoms with E-state index in [1.165, 1.54) is 24.4 Å². The number of nitrogens with zero attached hydrogens (tertiary/aromatic N) is 1. The Morgan fingerprint density at radius 1 is 1.19 bits per heavy atom. The summed E-state index contributed by atoms with van der Waals surface area (Å²) in [6, 6.07) is 6.86. The Kier molecular flexibility index (Phi) is 4.65. The number of carbonyl (C=O) groups excluding carboxylic acids is 1. The Morgan fingerprint density at radius 3 is 2.62 bits per heavy atom. The van der Waals surface area contributed by atoms with Gasteiger partial charge in [-0.05, 0) is 29.8 Å². The zero-order valence-corrected chi connectivity index (χ0v) is 13.0. The summed E-state index contributed by atoms with van der Waals surface area (Å²) in [5, 5.41) is 11.9. The van der Waals surface area contributed by atoms with Gasteiger partial charge in [-0.15, -0.1) is 13.2 Å². The number of hydrogen-bond donors (Lipinski definition) is 3. The van der Waals surface area contributed by atoms with Crippen molar-refractivity contribution in [3.63, 3.8) is 0 Å². The molecule has 0 radical (unpaired) electrons. The van der Waals surface area contributed by atoms with Crippen molar-refractivity contribution in [2.45, 2.75) is 12.9 Å². The van der Waals surface area contributed by atoms with E-state index in [9.17, 15) is 22.4 Å². The molecule has 0 spiro atoms. The molecule has 26 heavy (non-hydrogen) atoms. The summed E-state index contributed by atoms with van der Waals surface area (Å²) in [5.41, 5.74) is 1.23. The number of anilines is 1. The number of halogens is 4. The second-order valence-corrected chi connectivity index (χ2v) is 5.28. The molecule has 3 N–H and O–H groups in total. The lowest BCUT2D eigenvalue weighted by Gasteiger charge is -2.10. The highest BCUT2D eigenvalue weighted by Crippen LogP contribution is 2.24. The first kappa shape index (κ1) is 17.5. The molecule has 0 saturated heterocycles. The van der Waals surface area contributed by atoms with Crippen molar-refractivity contribution in [1.29, 1.82) is 0 Å². The van der Waals surface area contributed by atoms with Crippen LogP contribution >= 0.6 is 0 Å². The summed E-state index contributed by atoms with van der Waals surface area (Å²) < 4.78 is 53.6. The van der Waals surface area contributed by atoms with E-state index in [2.05, 4.69) is 25.6 Å². The maximum absolute atomic E-state index is 13.5. The fourth-order valence-corrected chi connectivity index (χ4v) is 2.28. The Balaban J connectivity index is 1.59. The van der Waals surface area contributed by atoms with E-state index in [1.807, 2.05) is 0 Å². The number of aromatic nitrogens is 2. The number of nitrogens with one attached hydrogen (secondary N) is 3. The largest absolute Gasteiger partial charge is 0.573 e. The van der Waals surface area contributed by atoms with Crippen LogP contribution in [0.5, 0.6) is 5.75 Å². The van der Waals surface area contributed by atoms with Gasteiger partial charge in [-0.25, -0.2) is 9.18 Å². The third-order valence-corrected chi connectivity index (χ3v) is 3.38. The summed E-state index contributed by atoms with van der Waals surface area (Å²) >= 11 is 0. The Bertz CT molecular complexity index is 922. The molecular formula is C16H12F4N4O2. The average Bonchev–Trinajstić information content (AvgIpc) is 3.01. The maximum atomic E-state index is 13.5. The van der Waals surface area contributed by atoms with Crippen LogP contribution < -0.4 is 15.4 Å². The van der Waals surface area contributed by atoms with E-state index >= 15 is 0 Å². The molecule has 10 heteroatoms. The summed E-state index contributed by atoms with van der Waals surface area (Å²) in [6.45, 7) is 0.0575. The van der Waals surface area contributed by atoms with Crippen molar-refractivity contribution in [2.24, 2.45) is 0 Å². The first-order valence-electron chi connectivity index (χ1n) is 7.32. The topological polar surface area (TPSA) is 79.0 Å². The fraction of sp³-hybridized carbons (Fsp3) is 0.125. The quantitative estimate of drug-likeness (QED) is 0.611. The molecule has 0 atom stereocenters. The van der Waals surface area contributed by atoms with Gasteiger partial charge in [0.1, 0.15) is 11.6 Å². The molecule has 1 aromatic heterocycles. The van der Waals surface area contributed by atoms with E-state index in [0.717, 1.165) is 18.2 Å². The summed E-state index contributed by atoms with van der Waals surface area (Å²) in [4.78, 5) is 12.0. The summed E-state index contributed by atoms with van der Waals surface area (Å²) in [5.74, 6) is -0.898. The van der Waals surface area contributed by atoms with Gasteiger partial charge in [0, 0.05) is 11.9 Å². The number of alkyl halides is 3. The Hall–Kier alpha value is -3.30. The second kappa shape index (κ2) is 6.90. The fourth-order valence-electron chi connectivity index (χ4n) is 2.28. The zero-order chi connectivity index (χ0) is 18.7. The predicted octanol–water partition coefficient (Wildman–Crippen LogP) is 3.92. The number of rotatable bonds is 4. The van der Waals surface area contributed by atoms with E-state index in [4.69, 9.17) is 0 Å². The van der Waals surface area contributed by atoms with Gasteiger partial charge in [0.25, 0.3) is 0 Å². The lowest BCUT2D eigenvalue weighted by Crippen LogP contribution is -2.28. The number of carbonyl (C=O) groups is 1. The first-order chi connectivity index (χ1) is 12.3. The van der Waals surface area contributed by atoms with E-state index in [-0.39, 0.29) is 18.0 Å². The Labute approximate surface area is 144 Å². The standard InChI is InChI=1S/C16H12F4N4O2/c17-10-5-13(12-8-22-24-14(12)6-10)23-15(25)21-7-9-1-3-11(4-2-9)26-16(18,19)20/h1-6,8H,7H2,(H,22,24)(H2,21,23,25). The number of H-pyrrole nitrogens is 1. The number of hydrogen-bond acceptors (Lipinski definition) is 3. The van der Waals surface area contributed by atoms with Gasteiger partial charge in [-0.2, -0.15) is 5.10 Å². The van der Waals surface area contributed by atoms with E-state index in [1.54, 1.807) is 0 Å². The van der Waals surface area contributed by atoms with Crippen molar-refractivity contribution in [3.05, 3.63) is 54.0 Å². The molecule has 0 aliphatic heterocycles. The van der Waals surface area contributed by atoms with E-state index in [0.29, 0.717) is 16.5 Å². The van der Waals surface area contributed by atoms with Crippen LogP contribution in [0.2, 0.25) is 0 Å². The number of aromatic amines is 1. The number of ether oxygens (including phenoxy) is 1. The van der Waals surface area contributed by atoms with Crippen LogP contribution in [0.4, 0.5) is 28.0 Å². The lowest BCUT2D eigenvalue weighted by atomic mass is 10.2. The molecular weight excluding hydrogens is 356 g/mol. The van der Waals surface area contributed by atoms with Crippen LogP contribution in [-0.4, -0.2) is 22.6 Å². The molecule has 6 nitrogen and oxygen atoms in total. The SMILES string of the molecule is O=C(NCc1ccc(OC(F)(F)F)cc1)Nc1cc(F)cc2[nH]ncc12. The molecule has 0 unspecified atom stereocenters. The van der Waals surface area contributed by atoms with Crippen molar-refractivity contribution >= 4 is 22.6 Å². The molecule has 3 aromatic rings. The second-order valence-electron chi connectivity index (χ2n) is 5.28. The van der Waals surface area contributed by atoms with Crippen LogP contribution in [0.15, 0.2) is 42.6 Å². The Morgan fingerprint density at radius 2 is 1.92 bits per heavy atom. The zero-order valence-electron chi connectivity index (χ0n) is 13.0. The predicted molar refractivity (Wildman–Crippen MR) is 85.0 cm³/mol. The van der Waals surface area contributed by atoms with Crippen LogP contribution in [-0.2, 0) is 6.54 Å². The normalized spacial score (nSPS) is 11.4. The minimum Gasteiger partial charge on any atom is -0.406 e. The monoisotopic (exact) mass is 368 g/mol. The third-order valence-electron chi connectivity index (χ3n) is 3.38. The van der Waals surface area contributed by atoms with Gasteiger partial charge in [0.15, 0.2) is 0 Å². The number of fused-ring (bicyclic) bond motifs is 1. The first-order valence-corrected chi connectivity index (χ1v) is 7.32. The highest BCUT2D eigenvalue weighted by molar-refractivity contribution is 6.00. The van der Waals surface area contributed by atoms with Crippen molar-refractivity contribution in [1.82, 2.24) is 15.5 Å². The summed E-state index contributed by atoms with van der Waals surface area (Å²) in [7, 11) is 0. The van der Waals surface area contributed by atoms with Gasteiger partial charge in [-0.3, -0.25) is 5.10 Å². The number of amides is 2. The van der Waals surface area contributed by atoms with E-state index < -0.39 is 18.2 Å². The highest BCUT2D eigenvalue weighted by atomic mass is 19.4. The van der Waals surface area contributed by atoms with Crippen molar-refractivity contribution in [2.75, 3.05) is 5.32 Å². The minimum atomic E-state index is -4.76. The van der Waals surface area contributed by atoms with Gasteiger partial charge >= 0.3 is 12.4 Å². The van der Waals surface area contributed by atoms with Gasteiger partial charge < -0.3 is 15.4 Å². The smallest absolute Gasteiger partial charge is 0.406 e. The summed E-state index contributed by atoms with van der Waals surface area (Å²) in [6.07, 6.45) is -3.31. The molecule has 2 aromatic carbocycles. The molecule has 1 heterocycles. The average molecular weight is 368 g/mol.